The zero-order chi connectivity index (χ0) is 11.7. The number of carboxylic acids is 1. The third-order valence-corrected chi connectivity index (χ3v) is 3.19. The van der Waals surface area contributed by atoms with Gasteiger partial charge in [0.05, 0.1) is 0 Å². The summed E-state index contributed by atoms with van der Waals surface area (Å²) in [5, 5.41) is 18.8. The molecule has 0 aliphatic heterocycles. The average molecular weight is 273 g/mol. The summed E-state index contributed by atoms with van der Waals surface area (Å²) in [6.07, 6.45) is 0. The van der Waals surface area contributed by atoms with Gasteiger partial charge in [0.15, 0.2) is 0 Å². The van der Waals surface area contributed by atoms with Crippen LogP contribution in [0.5, 0.6) is 5.75 Å². The fourth-order valence-corrected chi connectivity index (χ4v) is 1.90. The van der Waals surface area contributed by atoms with Crippen LogP contribution in [0, 0.1) is 6.92 Å². The van der Waals surface area contributed by atoms with Crippen LogP contribution in [0.25, 0.3) is 0 Å². The normalized spacial score (nSPS) is 10.7. The number of rotatable bonds is 2. The Bertz CT molecular complexity index is 411. The van der Waals surface area contributed by atoms with Gasteiger partial charge in [-0.2, -0.15) is 0 Å². The van der Waals surface area contributed by atoms with E-state index >= 15 is 0 Å². The Morgan fingerprint density at radius 2 is 2.00 bits per heavy atom. The van der Waals surface area contributed by atoms with Crippen LogP contribution < -0.4 is 0 Å². The van der Waals surface area contributed by atoms with Crippen molar-refractivity contribution >= 4 is 21.9 Å². The molecule has 3 nitrogen and oxygen atoms in total. The standard InChI is InChI=1S/C11H13BrO3/c1-5(2)7-4-8(12)6(3)9(10(7)13)11(14)15/h4-5,13H,1-3H3,(H,14,15). The van der Waals surface area contributed by atoms with Crippen LogP contribution in [-0.2, 0) is 0 Å². The minimum atomic E-state index is -1.10. The second-order valence-corrected chi connectivity index (χ2v) is 4.61. The topological polar surface area (TPSA) is 57.5 Å². The molecular weight excluding hydrogens is 260 g/mol. The third-order valence-electron chi connectivity index (χ3n) is 2.36. The van der Waals surface area contributed by atoms with E-state index in [0.29, 0.717) is 15.6 Å². The predicted molar refractivity (Wildman–Crippen MR) is 61.6 cm³/mol. The first-order valence-electron chi connectivity index (χ1n) is 4.61. The number of carboxylic acid groups (broad SMARTS) is 1. The Hall–Kier alpha value is -1.03. The first-order chi connectivity index (χ1) is 6.86. The molecule has 0 aliphatic carbocycles. The van der Waals surface area contributed by atoms with Gasteiger partial charge in [-0.3, -0.25) is 0 Å². The van der Waals surface area contributed by atoms with E-state index in [0.717, 1.165) is 0 Å². The SMILES string of the molecule is Cc1c(Br)cc(C(C)C)c(O)c1C(=O)O. The highest BCUT2D eigenvalue weighted by Gasteiger charge is 2.20. The van der Waals surface area contributed by atoms with Crippen LogP contribution >= 0.6 is 15.9 Å². The Balaban J connectivity index is 3.56. The quantitative estimate of drug-likeness (QED) is 0.869. The van der Waals surface area contributed by atoms with Crippen molar-refractivity contribution in [3.05, 3.63) is 27.2 Å². The van der Waals surface area contributed by atoms with Crippen molar-refractivity contribution in [2.75, 3.05) is 0 Å². The summed E-state index contributed by atoms with van der Waals surface area (Å²) in [6.45, 7) is 5.47. The molecule has 1 aromatic rings. The van der Waals surface area contributed by atoms with E-state index in [4.69, 9.17) is 5.11 Å². The lowest BCUT2D eigenvalue weighted by Gasteiger charge is -2.14. The summed E-state index contributed by atoms with van der Waals surface area (Å²) >= 11 is 3.29. The number of aromatic hydroxyl groups is 1. The summed E-state index contributed by atoms with van der Waals surface area (Å²) in [4.78, 5) is 11.0. The van der Waals surface area contributed by atoms with Gasteiger partial charge >= 0.3 is 5.97 Å². The van der Waals surface area contributed by atoms with Gasteiger partial charge in [-0.15, -0.1) is 0 Å². The van der Waals surface area contributed by atoms with E-state index in [9.17, 15) is 9.90 Å². The Kier molecular flexibility index (Phi) is 3.39. The van der Waals surface area contributed by atoms with Crippen LogP contribution in [0.1, 0.15) is 41.3 Å². The second kappa shape index (κ2) is 4.23. The van der Waals surface area contributed by atoms with Crippen molar-refractivity contribution < 1.29 is 15.0 Å². The number of hydrogen-bond donors (Lipinski definition) is 2. The van der Waals surface area contributed by atoms with Gasteiger partial charge in [0.25, 0.3) is 0 Å². The highest BCUT2D eigenvalue weighted by atomic mass is 79.9. The lowest BCUT2D eigenvalue weighted by molar-refractivity contribution is 0.0692. The first kappa shape index (κ1) is 12.0. The molecule has 0 aliphatic rings. The van der Waals surface area contributed by atoms with E-state index in [-0.39, 0.29) is 17.2 Å². The van der Waals surface area contributed by atoms with Crippen molar-refractivity contribution in [3.63, 3.8) is 0 Å². The van der Waals surface area contributed by atoms with Crippen LogP contribution in [0.15, 0.2) is 10.5 Å². The van der Waals surface area contributed by atoms with Crippen molar-refractivity contribution in [2.24, 2.45) is 0 Å². The van der Waals surface area contributed by atoms with E-state index < -0.39 is 5.97 Å². The molecule has 0 heterocycles. The van der Waals surface area contributed by atoms with Crippen molar-refractivity contribution in [1.82, 2.24) is 0 Å². The molecule has 0 spiro atoms. The molecular formula is C11H13BrO3. The average Bonchev–Trinajstić information content (AvgIpc) is 2.10. The summed E-state index contributed by atoms with van der Waals surface area (Å²) in [7, 11) is 0. The number of hydrogen-bond acceptors (Lipinski definition) is 2. The Labute approximate surface area is 96.9 Å². The maximum atomic E-state index is 11.0. The highest BCUT2D eigenvalue weighted by molar-refractivity contribution is 9.10. The van der Waals surface area contributed by atoms with E-state index in [1.165, 1.54) is 0 Å². The molecule has 0 aromatic heterocycles. The lowest BCUT2D eigenvalue weighted by atomic mass is 9.96. The molecule has 0 fully saturated rings. The fourth-order valence-electron chi connectivity index (χ4n) is 1.46. The number of benzene rings is 1. The zero-order valence-electron chi connectivity index (χ0n) is 8.84. The van der Waals surface area contributed by atoms with Crippen LogP contribution in [0.2, 0.25) is 0 Å². The molecule has 0 saturated carbocycles. The van der Waals surface area contributed by atoms with E-state index in [1.807, 2.05) is 13.8 Å². The van der Waals surface area contributed by atoms with Crippen molar-refractivity contribution in [2.45, 2.75) is 26.7 Å². The maximum Gasteiger partial charge on any atom is 0.339 e. The van der Waals surface area contributed by atoms with Gasteiger partial charge in [0, 0.05) is 4.47 Å². The molecule has 82 valence electrons. The van der Waals surface area contributed by atoms with Gasteiger partial charge in [-0.05, 0) is 30.0 Å². The van der Waals surface area contributed by atoms with E-state index in [1.54, 1.807) is 13.0 Å². The monoisotopic (exact) mass is 272 g/mol. The summed E-state index contributed by atoms with van der Waals surface area (Å²) in [6, 6.07) is 1.77. The zero-order valence-corrected chi connectivity index (χ0v) is 10.4. The largest absolute Gasteiger partial charge is 0.507 e. The number of carbonyl (C=O) groups is 1. The van der Waals surface area contributed by atoms with Gasteiger partial charge in [0.1, 0.15) is 11.3 Å². The van der Waals surface area contributed by atoms with Gasteiger partial charge in [0.2, 0.25) is 0 Å². The third kappa shape index (κ3) is 2.15. The number of phenols is 1. The molecule has 1 rings (SSSR count). The molecule has 15 heavy (non-hydrogen) atoms. The molecule has 0 bridgehead atoms. The van der Waals surface area contributed by atoms with Crippen LogP contribution in [0.3, 0.4) is 0 Å². The minimum absolute atomic E-state index is 0.0203. The summed E-state index contributed by atoms with van der Waals surface area (Å²) in [5.41, 5.74) is 1.17. The fraction of sp³-hybridized carbons (Fsp3) is 0.364. The predicted octanol–water partition coefficient (Wildman–Crippen LogP) is 3.28. The summed E-state index contributed by atoms with van der Waals surface area (Å²) < 4.78 is 0.710. The van der Waals surface area contributed by atoms with Crippen molar-refractivity contribution in [1.29, 1.82) is 0 Å². The molecule has 0 atom stereocenters. The smallest absolute Gasteiger partial charge is 0.339 e. The summed E-state index contributed by atoms with van der Waals surface area (Å²) in [5.74, 6) is -1.15. The lowest BCUT2D eigenvalue weighted by Crippen LogP contribution is -2.04. The number of halogens is 1. The Morgan fingerprint density at radius 3 is 2.40 bits per heavy atom. The molecule has 1 aromatic carbocycles. The molecule has 0 unspecified atom stereocenters. The molecule has 4 heteroatoms. The van der Waals surface area contributed by atoms with Crippen LogP contribution in [-0.4, -0.2) is 16.2 Å². The van der Waals surface area contributed by atoms with Gasteiger partial charge in [-0.1, -0.05) is 29.8 Å². The van der Waals surface area contributed by atoms with Crippen LogP contribution in [0.4, 0.5) is 0 Å². The molecule has 0 radical (unpaired) electrons. The maximum absolute atomic E-state index is 11.0. The minimum Gasteiger partial charge on any atom is -0.507 e. The van der Waals surface area contributed by atoms with E-state index in [2.05, 4.69) is 15.9 Å². The molecule has 0 amide bonds. The Morgan fingerprint density at radius 1 is 1.47 bits per heavy atom. The number of aromatic carboxylic acids is 1. The first-order valence-corrected chi connectivity index (χ1v) is 5.40. The van der Waals surface area contributed by atoms with Gasteiger partial charge < -0.3 is 10.2 Å². The molecule has 0 saturated heterocycles. The van der Waals surface area contributed by atoms with Crippen molar-refractivity contribution in [3.8, 4) is 5.75 Å². The highest BCUT2D eigenvalue weighted by Crippen LogP contribution is 2.35. The molecule has 2 N–H and O–H groups in total. The second-order valence-electron chi connectivity index (χ2n) is 3.76. The van der Waals surface area contributed by atoms with Gasteiger partial charge in [-0.25, -0.2) is 4.79 Å².